The second-order valence-electron chi connectivity index (χ2n) is 7.67. The predicted octanol–water partition coefficient (Wildman–Crippen LogP) is 2.55. The lowest BCUT2D eigenvalue weighted by atomic mass is 10.0. The van der Waals surface area contributed by atoms with Gasteiger partial charge in [-0.25, -0.2) is 4.98 Å². The number of amides is 1. The molecule has 2 aliphatic rings. The molecule has 1 amide bonds. The van der Waals surface area contributed by atoms with Crippen molar-refractivity contribution >= 4 is 17.2 Å². The Balaban J connectivity index is 1.59. The Hall–Kier alpha value is -1.73. The number of carbonyl (C=O) groups is 1. The van der Waals surface area contributed by atoms with Crippen LogP contribution < -0.4 is 5.32 Å². The molecule has 2 aromatic rings. The zero-order chi connectivity index (χ0) is 18.3. The minimum Gasteiger partial charge on any atom is -0.348 e. The van der Waals surface area contributed by atoms with Crippen LogP contribution in [0.5, 0.6) is 0 Å². The number of hydrogen-bond acceptors (Lipinski definition) is 5. The van der Waals surface area contributed by atoms with E-state index in [0.29, 0.717) is 17.8 Å². The van der Waals surface area contributed by atoms with Gasteiger partial charge in [0.1, 0.15) is 0 Å². The van der Waals surface area contributed by atoms with E-state index in [1.165, 1.54) is 10.6 Å². The van der Waals surface area contributed by atoms with Gasteiger partial charge in [0.15, 0.2) is 5.69 Å². The van der Waals surface area contributed by atoms with E-state index in [4.69, 9.17) is 5.10 Å². The van der Waals surface area contributed by atoms with E-state index < -0.39 is 0 Å². The molecule has 1 aliphatic heterocycles. The van der Waals surface area contributed by atoms with Gasteiger partial charge in [-0.1, -0.05) is 0 Å². The highest BCUT2D eigenvalue weighted by atomic mass is 32.1. The number of fused-ring (bicyclic) bond motifs is 1. The highest BCUT2D eigenvalue weighted by molar-refractivity contribution is 7.09. The number of thiazole rings is 1. The van der Waals surface area contributed by atoms with Gasteiger partial charge in [0, 0.05) is 60.7 Å². The van der Waals surface area contributed by atoms with Gasteiger partial charge in [0.05, 0.1) is 11.2 Å². The van der Waals surface area contributed by atoms with Gasteiger partial charge < -0.3 is 5.32 Å². The van der Waals surface area contributed by atoms with Gasteiger partial charge in [0.25, 0.3) is 5.91 Å². The van der Waals surface area contributed by atoms with E-state index in [2.05, 4.69) is 40.7 Å². The van der Waals surface area contributed by atoms with Crippen LogP contribution in [0, 0.1) is 6.92 Å². The molecule has 1 N–H and O–H groups in total. The van der Waals surface area contributed by atoms with E-state index in [1.54, 1.807) is 11.3 Å². The molecular weight excluding hydrogens is 346 g/mol. The molecule has 3 heterocycles. The van der Waals surface area contributed by atoms with Gasteiger partial charge in [-0.3, -0.25) is 14.4 Å². The molecule has 26 heavy (non-hydrogen) atoms. The molecule has 6 nitrogen and oxygen atoms in total. The van der Waals surface area contributed by atoms with Gasteiger partial charge in [-0.2, -0.15) is 5.10 Å². The maximum Gasteiger partial charge on any atom is 0.272 e. The molecular formula is C19H27N5OS. The van der Waals surface area contributed by atoms with E-state index in [-0.39, 0.29) is 5.91 Å². The van der Waals surface area contributed by atoms with Gasteiger partial charge in [0.2, 0.25) is 0 Å². The Morgan fingerprint density at radius 1 is 1.42 bits per heavy atom. The first-order valence-corrected chi connectivity index (χ1v) is 10.4. The Labute approximate surface area is 158 Å². The summed E-state index contributed by atoms with van der Waals surface area (Å²) in [5.74, 6) is 0.00192. The largest absolute Gasteiger partial charge is 0.348 e. The number of nitrogens with one attached hydrogen (secondary N) is 1. The molecule has 0 spiro atoms. The third-order valence-electron chi connectivity index (χ3n) is 5.42. The van der Waals surface area contributed by atoms with Crippen molar-refractivity contribution in [2.75, 3.05) is 6.54 Å². The minimum atomic E-state index is 0.00192. The third kappa shape index (κ3) is 3.55. The molecule has 140 valence electrons. The van der Waals surface area contributed by atoms with Crippen molar-refractivity contribution in [2.24, 2.45) is 0 Å². The minimum absolute atomic E-state index is 0.00192. The molecule has 1 fully saturated rings. The van der Waals surface area contributed by atoms with Crippen molar-refractivity contribution in [2.45, 2.75) is 71.6 Å². The fourth-order valence-corrected chi connectivity index (χ4v) is 4.35. The quantitative estimate of drug-likeness (QED) is 0.845. The Morgan fingerprint density at radius 2 is 2.23 bits per heavy atom. The fraction of sp³-hybridized carbons (Fsp3) is 0.632. The average molecular weight is 374 g/mol. The fourth-order valence-electron chi connectivity index (χ4n) is 3.57. The van der Waals surface area contributed by atoms with E-state index in [1.807, 2.05) is 5.51 Å². The first-order valence-electron chi connectivity index (χ1n) is 9.55. The lowest BCUT2D eigenvalue weighted by molar-refractivity contribution is 0.0942. The van der Waals surface area contributed by atoms with Crippen LogP contribution in [0.15, 0.2) is 5.51 Å². The maximum absolute atomic E-state index is 12.7. The molecule has 0 aromatic carbocycles. The summed E-state index contributed by atoms with van der Waals surface area (Å²) in [4.78, 5) is 20.8. The van der Waals surface area contributed by atoms with Gasteiger partial charge in [-0.15, -0.1) is 11.3 Å². The molecule has 7 heteroatoms. The zero-order valence-corrected chi connectivity index (χ0v) is 16.6. The Kier molecular flexibility index (Phi) is 4.84. The van der Waals surface area contributed by atoms with Crippen molar-refractivity contribution in [3.63, 3.8) is 0 Å². The summed E-state index contributed by atoms with van der Waals surface area (Å²) in [5.41, 5.74) is 6.01. The molecule has 4 rings (SSSR count). The summed E-state index contributed by atoms with van der Waals surface area (Å²) in [7, 11) is 0. The predicted molar refractivity (Wildman–Crippen MR) is 103 cm³/mol. The monoisotopic (exact) mass is 373 g/mol. The summed E-state index contributed by atoms with van der Waals surface area (Å²) < 4.78 is 2.08. The van der Waals surface area contributed by atoms with Crippen molar-refractivity contribution in [3.05, 3.63) is 33.0 Å². The number of rotatable bonds is 6. The van der Waals surface area contributed by atoms with Crippen LogP contribution in [-0.4, -0.2) is 44.2 Å². The standard InChI is InChI=1S/C19H27N5OS/c1-12(2)23-8-6-16-15(10-23)18(19(25)21-14-4-5-14)22-24(16)9-7-17-13(3)20-11-26-17/h11-12,14H,4-10H2,1-3H3,(H,21,25). The molecule has 0 atom stereocenters. The first kappa shape index (κ1) is 17.7. The van der Waals surface area contributed by atoms with Gasteiger partial charge >= 0.3 is 0 Å². The lowest BCUT2D eigenvalue weighted by Crippen LogP contribution is -2.37. The second-order valence-corrected chi connectivity index (χ2v) is 8.61. The van der Waals surface area contributed by atoms with E-state index >= 15 is 0 Å². The number of nitrogens with zero attached hydrogens (tertiary/aromatic N) is 4. The number of aryl methyl sites for hydroxylation is 3. The molecule has 1 aliphatic carbocycles. The molecule has 0 saturated heterocycles. The number of aromatic nitrogens is 3. The first-order chi connectivity index (χ1) is 12.5. The molecule has 2 aromatic heterocycles. The summed E-state index contributed by atoms with van der Waals surface area (Å²) in [5, 5.41) is 7.87. The summed E-state index contributed by atoms with van der Waals surface area (Å²) in [6.07, 6.45) is 4.07. The highest BCUT2D eigenvalue weighted by Gasteiger charge is 2.31. The molecule has 0 radical (unpaired) electrons. The summed E-state index contributed by atoms with van der Waals surface area (Å²) in [6, 6.07) is 0.832. The van der Waals surface area contributed by atoms with E-state index in [0.717, 1.165) is 56.6 Å². The average Bonchev–Trinajstić information content (AvgIpc) is 3.22. The number of carbonyl (C=O) groups excluding carboxylic acids is 1. The zero-order valence-electron chi connectivity index (χ0n) is 15.8. The van der Waals surface area contributed by atoms with E-state index in [9.17, 15) is 4.79 Å². The smallest absolute Gasteiger partial charge is 0.272 e. The number of hydrogen-bond donors (Lipinski definition) is 1. The SMILES string of the molecule is Cc1ncsc1CCn1nc(C(=O)NC2CC2)c2c1CCN(C(C)C)C2. The maximum atomic E-state index is 12.7. The van der Waals surface area contributed by atoms with Crippen molar-refractivity contribution < 1.29 is 4.79 Å². The second kappa shape index (κ2) is 7.12. The Bertz CT molecular complexity index is 805. The highest BCUT2D eigenvalue weighted by Crippen LogP contribution is 2.26. The summed E-state index contributed by atoms with van der Waals surface area (Å²) >= 11 is 1.70. The summed E-state index contributed by atoms with van der Waals surface area (Å²) in [6.45, 7) is 9.14. The van der Waals surface area contributed by atoms with Crippen LogP contribution in [-0.2, 0) is 25.9 Å². The lowest BCUT2D eigenvalue weighted by Gasteiger charge is -2.30. The third-order valence-corrected chi connectivity index (χ3v) is 6.41. The van der Waals surface area contributed by atoms with Crippen LogP contribution in [0.25, 0.3) is 0 Å². The van der Waals surface area contributed by atoms with Crippen LogP contribution >= 0.6 is 11.3 Å². The van der Waals surface area contributed by atoms with Crippen LogP contribution in [0.4, 0.5) is 0 Å². The molecule has 1 saturated carbocycles. The van der Waals surface area contributed by atoms with Crippen molar-refractivity contribution in [3.8, 4) is 0 Å². The van der Waals surface area contributed by atoms with Crippen molar-refractivity contribution in [1.82, 2.24) is 25.0 Å². The topological polar surface area (TPSA) is 63.1 Å². The Morgan fingerprint density at radius 3 is 2.88 bits per heavy atom. The molecule has 0 unspecified atom stereocenters. The van der Waals surface area contributed by atoms with Crippen LogP contribution in [0.3, 0.4) is 0 Å². The van der Waals surface area contributed by atoms with Crippen LogP contribution in [0.1, 0.15) is 59.0 Å². The molecule has 0 bridgehead atoms. The van der Waals surface area contributed by atoms with Crippen LogP contribution in [0.2, 0.25) is 0 Å². The normalized spacial score (nSPS) is 17.5. The van der Waals surface area contributed by atoms with Crippen molar-refractivity contribution in [1.29, 1.82) is 0 Å². The van der Waals surface area contributed by atoms with Gasteiger partial charge in [-0.05, 0) is 33.6 Å².